The van der Waals surface area contributed by atoms with Gasteiger partial charge in [-0.25, -0.2) is 4.79 Å². The van der Waals surface area contributed by atoms with Crippen LogP contribution in [0, 0.1) is 0 Å². The predicted molar refractivity (Wildman–Crippen MR) is 128 cm³/mol. The third kappa shape index (κ3) is 5.65. The summed E-state index contributed by atoms with van der Waals surface area (Å²) < 4.78 is 5.95. The van der Waals surface area contributed by atoms with Gasteiger partial charge in [0.25, 0.3) is 0 Å². The minimum atomic E-state index is -1.08. The minimum Gasteiger partial charge on any atom is -0.479 e. The molecule has 3 aromatic carbocycles. The second-order valence-corrected chi connectivity index (χ2v) is 9.10. The van der Waals surface area contributed by atoms with Gasteiger partial charge in [-0.15, -0.1) is 0 Å². The number of unbranched alkanes of at least 4 members (excludes halogenated alkanes) is 1. The van der Waals surface area contributed by atoms with Gasteiger partial charge in [0.05, 0.1) is 0 Å². The molecule has 31 heavy (non-hydrogen) atoms. The molecular formula is C26H30ClNO3. The average molecular weight is 440 g/mol. The number of aliphatic carboxylic acids is 1. The molecule has 0 spiro atoms. The van der Waals surface area contributed by atoms with E-state index in [1.165, 1.54) is 0 Å². The molecule has 1 atom stereocenters. The van der Waals surface area contributed by atoms with Gasteiger partial charge in [0, 0.05) is 22.7 Å². The molecule has 3 N–H and O–H groups in total. The van der Waals surface area contributed by atoms with E-state index in [-0.39, 0.29) is 0 Å². The summed E-state index contributed by atoms with van der Waals surface area (Å²) in [5.74, 6) is -1.00. The Kier molecular flexibility index (Phi) is 7.37. The first-order valence-electron chi connectivity index (χ1n) is 10.6. The fourth-order valence-corrected chi connectivity index (χ4v) is 4.04. The Hall–Kier alpha value is -2.40. The highest BCUT2D eigenvalue weighted by atomic mass is 35.5. The van der Waals surface area contributed by atoms with E-state index in [4.69, 9.17) is 22.1 Å². The number of benzene rings is 3. The molecule has 1 unspecified atom stereocenters. The molecule has 164 valence electrons. The molecule has 0 radical (unpaired) electrons. The van der Waals surface area contributed by atoms with Crippen LogP contribution in [0.1, 0.15) is 50.8 Å². The zero-order valence-corrected chi connectivity index (χ0v) is 19.1. The largest absolute Gasteiger partial charge is 0.479 e. The Labute approximate surface area is 189 Å². The van der Waals surface area contributed by atoms with Crippen LogP contribution in [0.2, 0.25) is 5.02 Å². The zero-order valence-electron chi connectivity index (χ0n) is 18.3. The van der Waals surface area contributed by atoms with Gasteiger partial charge in [0.2, 0.25) is 0 Å². The van der Waals surface area contributed by atoms with Crippen LogP contribution >= 0.6 is 11.6 Å². The van der Waals surface area contributed by atoms with E-state index in [2.05, 4.69) is 13.0 Å². The van der Waals surface area contributed by atoms with Crippen molar-refractivity contribution in [3.05, 3.63) is 70.7 Å². The van der Waals surface area contributed by atoms with Crippen molar-refractivity contribution in [1.29, 1.82) is 0 Å². The Bertz CT molecular complexity index is 1050. The van der Waals surface area contributed by atoms with Crippen molar-refractivity contribution in [2.24, 2.45) is 5.73 Å². The van der Waals surface area contributed by atoms with Crippen LogP contribution in [0.3, 0.4) is 0 Å². The highest BCUT2D eigenvalue weighted by Gasteiger charge is 2.30. The van der Waals surface area contributed by atoms with Crippen molar-refractivity contribution in [2.75, 3.05) is 6.61 Å². The summed E-state index contributed by atoms with van der Waals surface area (Å²) in [6.07, 6.45) is 1.16. The summed E-state index contributed by atoms with van der Waals surface area (Å²) in [6.45, 7) is 6.33. The topological polar surface area (TPSA) is 72.5 Å². The maximum absolute atomic E-state index is 12.4. The van der Waals surface area contributed by atoms with Gasteiger partial charge in [0.15, 0.2) is 6.10 Å². The van der Waals surface area contributed by atoms with Crippen molar-refractivity contribution < 1.29 is 14.6 Å². The second-order valence-electron chi connectivity index (χ2n) is 8.66. The van der Waals surface area contributed by atoms with Crippen molar-refractivity contribution in [1.82, 2.24) is 0 Å². The third-order valence-electron chi connectivity index (χ3n) is 5.22. The molecule has 0 heterocycles. The molecule has 0 aliphatic carbocycles. The van der Waals surface area contributed by atoms with E-state index in [0.717, 1.165) is 40.3 Å². The third-order valence-corrected chi connectivity index (χ3v) is 5.47. The van der Waals surface area contributed by atoms with Gasteiger partial charge in [0.1, 0.15) is 0 Å². The lowest BCUT2D eigenvalue weighted by molar-refractivity contribution is -0.151. The molecule has 0 fully saturated rings. The average Bonchev–Trinajstić information content (AvgIpc) is 2.70. The molecular weight excluding hydrogens is 410 g/mol. The van der Waals surface area contributed by atoms with Crippen LogP contribution in [-0.2, 0) is 16.0 Å². The van der Waals surface area contributed by atoms with Crippen molar-refractivity contribution in [3.8, 4) is 11.1 Å². The Morgan fingerprint density at radius 3 is 2.45 bits per heavy atom. The van der Waals surface area contributed by atoms with E-state index in [1.807, 2.05) is 62.4 Å². The van der Waals surface area contributed by atoms with Crippen LogP contribution in [-0.4, -0.2) is 23.2 Å². The first-order valence-corrected chi connectivity index (χ1v) is 11.0. The van der Waals surface area contributed by atoms with E-state index in [0.29, 0.717) is 23.6 Å². The van der Waals surface area contributed by atoms with Crippen LogP contribution in [0.5, 0.6) is 0 Å². The SMILES string of the molecule is CCCCOC(C(=O)O)c1c(CC(C)(C)N)cc2ccccc2c1-c1ccc(Cl)cc1. The Morgan fingerprint density at radius 2 is 1.84 bits per heavy atom. The van der Waals surface area contributed by atoms with Crippen molar-refractivity contribution in [3.63, 3.8) is 0 Å². The van der Waals surface area contributed by atoms with Crippen molar-refractivity contribution in [2.45, 2.75) is 51.7 Å². The quantitative estimate of drug-likeness (QED) is 0.379. The van der Waals surface area contributed by atoms with Gasteiger partial charge in [-0.05, 0) is 66.3 Å². The second kappa shape index (κ2) is 9.82. The molecule has 4 nitrogen and oxygen atoms in total. The molecule has 0 aliphatic heterocycles. The van der Waals surface area contributed by atoms with E-state index >= 15 is 0 Å². The van der Waals surface area contributed by atoms with Crippen LogP contribution in [0.25, 0.3) is 21.9 Å². The summed E-state index contributed by atoms with van der Waals surface area (Å²) in [5.41, 5.74) is 9.19. The van der Waals surface area contributed by atoms with Crippen molar-refractivity contribution >= 4 is 28.3 Å². The van der Waals surface area contributed by atoms with Crippen LogP contribution in [0.4, 0.5) is 0 Å². The van der Waals surface area contributed by atoms with Gasteiger partial charge < -0.3 is 15.6 Å². The molecule has 0 bridgehead atoms. The number of carboxylic acid groups (broad SMARTS) is 1. The summed E-state index contributed by atoms with van der Waals surface area (Å²) >= 11 is 6.14. The fraction of sp³-hybridized carbons (Fsp3) is 0.346. The predicted octanol–water partition coefficient (Wildman–Crippen LogP) is 6.38. The van der Waals surface area contributed by atoms with Gasteiger partial charge in [-0.1, -0.05) is 67.4 Å². The number of fused-ring (bicyclic) bond motifs is 1. The number of halogens is 1. The first kappa shape index (κ1) is 23.3. The summed E-state index contributed by atoms with van der Waals surface area (Å²) in [4.78, 5) is 12.4. The molecule has 0 saturated carbocycles. The highest BCUT2D eigenvalue weighted by molar-refractivity contribution is 6.30. The number of nitrogens with two attached hydrogens (primary N) is 1. The number of carbonyl (C=O) groups is 1. The standard InChI is InChI=1S/C26H30ClNO3/c1-4-5-14-31-24(25(29)30)23-19(16-26(2,3)28)15-18-8-6-7-9-21(18)22(23)17-10-12-20(27)13-11-17/h6-13,15,24H,4-5,14,16,28H2,1-3H3,(H,29,30). The molecule has 3 rings (SSSR count). The summed E-state index contributed by atoms with van der Waals surface area (Å²) in [7, 11) is 0. The number of ether oxygens (including phenoxy) is 1. The first-order chi connectivity index (χ1) is 14.7. The molecule has 5 heteroatoms. The summed E-state index contributed by atoms with van der Waals surface area (Å²) in [5, 5.41) is 12.8. The highest BCUT2D eigenvalue weighted by Crippen LogP contribution is 2.40. The lowest BCUT2D eigenvalue weighted by atomic mass is 9.83. The molecule has 3 aromatic rings. The van der Waals surface area contributed by atoms with Gasteiger partial charge in [-0.3, -0.25) is 0 Å². The normalized spacial score (nSPS) is 12.8. The lowest BCUT2D eigenvalue weighted by Gasteiger charge is -2.27. The number of rotatable bonds is 9. The zero-order chi connectivity index (χ0) is 22.6. The van der Waals surface area contributed by atoms with Gasteiger partial charge in [-0.2, -0.15) is 0 Å². The minimum absolute atomic E-state index is 0.381. The number of hydrogen-bond acceptors (Lipinski definition) is 3. The number of carboxylic acids is 1. The lowest BCUT2D eigenvalue weighted by Crippen LogP contribution is -2.35. The van der Waals surface area contributed by atoms with Crippen LogP contribution in [0.15, 0.2) is 54.6 Å². The smallest absolute Gasteiger partial charge is 0.337 e. The molecule has 0 aliphatic rings. The monoisotopic (exact) mass is 439 g/mol. The number of hydrogen-bond donors (Lipinski definition) is 2. The molecule has 0 saturated heterocycles. The summed E-state index contributed by atoms with van der Waals surface area (Å²) in [6, 6.07) is 17.6. The molecule has 0 amide bonds. The van der Waals surface area contributed by atoms with E-state index in [9.17, 15) is 9.90 Å². The fourth-order valence-electron chi connectivity index (χ4n) is 3.91. The Morgan fingerprint density at radius 1 is 1.16 bits per heavy atom. The molecule has 0 aromatic heterocycles. The van der Waals surface area contributed by atoms with Gasteiger partial charge >= 0.3 is 5.97 Å². The van der Waals surface area contributed by atoms with E-state index in [1.54, 1.807) is 0 Å². The maximum Gasteiger partial charge on any atom is 0.337 e. The van der Waals surface area contributed by atoms with Crippen LogP contribution < -0.4 is 5.73 Å². The Balaban J connectivity index is 2.35. The maximum atomic E-state index is 12.4. The van der Waals surface area contributed by atoms with E-state index < -0.39 is 17.6 Å².